The molecule has 0 saturated heterocycles. The SMILES string of the molecule is CC1(C)c2ccccc2-c2ccc3c(c21)-c1cc(-c2cccc4oc5ccccc5c24)c2c4c1B3c1ccc3c(c1N4c1cccc4c1C2(C)c1ccccc1-4)C(C)(C)c1ccccc1-3. The Balaban J connectivity index is 1.15. The van der Waals surface area contributed by atoms with Crippen molar-refractivity contribution in [2.24, 2.45) is 0 Å². The lowest BCUT2D eigenvalue weighted by Crippen LogP contribution is -2.57. The quantitative estimate of drug-likeness (QED) is 0.153. The monoisotopic (exact) mass is 827 g/mol. The molecule has 3 aliphatic heterocycles. The first-order valence-electron chi connectivity index (χ1n) is 23.4. The maximum absolute atomic E-state index is 6.72. The third-order valence-electron chi connectivity index (χ3n) is 17.2. The van der Waals surface area contributed by atoms with Crippen LogP contribution >= 0.6 is 0 Å². The Kier molecular flexibility index (Phi) is 5.99. The van der Waals surface area contributed by atoms with E-state index in [0.717, 1.165) is 16.6 Å². The number of anilines is 3. The molecule has 4 heterocycles. The fourth-order valence-electron chi connectivity index (χ4n) is 14.7. The van der Waals surface area contributed by atoms with Crippen molar-refractivity contribution < 1.29 is 4.42 Å². The van der Waals surface area contributed by atoms with Gasteiger partial charge in [0.2, 0.25) is 6.71 Å². The number of fused-ring (bicyclic) bond motifs is 22. The van der Waals surface area contributed by atoms with Gasteiger partial charge in [0.15, 0.2) is 0 Å². The van der Waals surface area contributed by atoms with Crippen LogP contribution < -0.4 is 21.3 Å². The van der Waals surface area contributed by atoms with Gasteiger partial charge in [-0.25, -0.2) is 0 Å². The van der Waals surface area contributed by atoms with Crippen LogP contribution in [0.4, 0.5) is 17.1 Å². The molecule has 1 unspecified atom stereocenters. The van der Waals surface area contributed by atoms with Crippen LogP contribution in [0.1, 0.15) is 73.6 Å². The summed E-state index contributed by atoms with van der Waals surface area (Å²) in [6.07, 6.45) is 0. The van der Waals surface area contributed by atoms with E-state index >= 15 is 0 Å². The molecule has 3 heteroatoms. The maximum Gasteiger partial charge on any atom is 0.248 e. The first-order chi connectivity index (χ1) is 31.7. The van der Waals surface area contributed by atoms with Gasteiger partial charge in [-0.1, -0.05) is 173 Å². The minimum atomic E-state index is -0.453. The van der Waals surface area contributed by atoms with Crippen molar-refractivity contribution in [2.45, 2.75) is 50.9 Å². The molecule has 0 bridgehead atoms. The van der Waals surface area contributed by atoms with Gasteiger partial charge in [0, 0.05) is 38.4 Å². The highest BCUT2D eigenvalue weighted by Gasteiger charge is 2.57. The Labute approximate surface area is 378 Å². The Morgan fingerprint density at radius 1 is 0.415 bits per heavy atom. The number of nitrogens with zero attached hydrogens (tertiary/aromatic N) is 1. The predicted molar refractivity (Wildman–Crippen MR) is 270 cm³/mol. The molecule has 0 saturated carbocycles. The molecule has 1 atom stereocenters. The van der Waals surface area contributed by atoms with E-state index in [-0.39, 0.29) is 17.5 Å². The normalized spacial score (nSPS) is 18.2. The van der Waals surface area contributed by atoms with Gasteiger partial charge in [-0.05, 0) is 137 Å². The summed E-state index contributed by atoms with van der Waals surface area (Å²) < 4.78 is 6.72. The molecular weight excluding hydrogens is 785 g/mol. The summed E-state index contributed by atoms with van der Waals surface area (Å²) in [6.45, 7) is 12.5. The highest BCUT2D eigenvalue weighted by Crippen LogP contribution is 2.67. The first-order valence-corrected chi connectivity index (χ1v) is 23.4. The molecule has 304 valence electrons. The third-order valence-corrected chi connectivity index (χ3v) is 17.2. The van der Waals surface area contributed by atoms with Crippen molar-refractivity contribution >= 4 is 62.1 Å². The molecule has 3 aliphatic carbocycles. The molecule has 6 aliphatic rings. The molecule has 10 aromatic rings. The highest BCUT2D eigenvalue weighted by molar-refractivity contribution is 7.01. The van der Waals surface area contributed by atoms with Gasteiger partial charge in [0.25, 0.3) is 0 Å². The molecule has 0 fully saturated rings. The van der Waals surface area contributed by atoms with Crippen LogP contribution in [0, 0.1) is 0 Å². The van der Waals surface area contributed by atoms with Gasteiger partial charge in [0.1, 0.15) is 11.2 Å². The number of benzene rings is 9. The lowest BCUT2D eigenvalue weighted by atomic mass is 9.36. The molecule has 16 rings (SSSR count). The van der Waals surface area contributed by atoms with Crippen molar-refractivity contribution in [2.75, 3.05) is 4.90 Å². The van der Waals surface area contributed by atoms with Crippen molar-refractivity contribution in [3.8, 4) is 55.6 Å². The summed E-state index contributed by atoms with van der Waals surface area (Å²) in [7, 11) is 0. The van der Waals surface area contributed by atoms with Gasteiger partial charge in [-0.2, -0.15) is 0 Å². The summed E-state index contributed by atoms with van der Waals surface area (Å²) in [5.74, 6) is 0. The van der Waals surface area contributed by atoms with Crippen LogP contribution in [0.25, 0.3) is 77.6 Å². The van der Waals surface area contributed by atoms with E-state index in [2.05, 4.69) is 203 Å². The van der Waals surface area contributed by atoms with E-state index in [1.807, 2.05) is 0 Å². The second-order valence-corrected chi connectivity index (χ2v) is 20.7. The smallest absolute Gasteiger partial charge is 0.248 e. The zero-order valence-corrected chi connectivity index (χ0v) is 37.0. The topological polar surface area (TPSA) is 16.4 Å². The Bertz CT molecular complexity index is 3940. The summed E-state index contributed by atoms with van der Waals surface area (Å²) in [5, 5.41) is 2.34. The van der Waals surface area contributed by atoms with Gasteiger partial charge in [-0.15, -0.1) is 0 Å². The molecule has 1 aromatic heterocycles. The largest absolute Gasteiger partial charge is 0.456 e. The standard InChI is InChI=1S/C62H42BNO/c1-60(2)43-22-10-6-16-33(43)38-28-30-46-52(54(38)60)42-32-41(36-20-15-27-50-51(36)40-19-9-13-26-49(40)65-50)56-59-57(42)63(46)47-31-29-39-34-17-7-11-23-44(34)61(3,4)55(39)58(47)64(59)48-25-14-21-37-35-18-8-12-24-45(35)62(56,5)53(37)48/h6-32H,1-5H3. The molecule has 0 radical (unpaired) electrons. The second-order valence-electron chi connectivity index (χ2n) is 20.7. The number of hydrogen-bond donors (Lipinski definition) is 0. The van der Waals surface area contributed by atoms with Crippen LogP contribution in [0.3, 0.4) is 0 Å². The predicted octanol–water partition coefficient (Wildman–Crippen LogP) is 13.8. The minimum absolute atomic E-state index is 0.0548. The summed E-state index contributed by atoms with van der Waals surface area (Å²) in [5.41, 5.74) is 32.6. The fraction of sp³-hybridized carbons (Fsp3) is 0.129. The second kappa shape index (κ2) is 11.1. The molecular formula is C62H42BNO. The number of hydrogen-bond acceptors (Lipinski definition) is 2. The Morgan fingerprint density at radius 3 is 1.75 bits per heavy atom. The lowest BCUT2D eigenvalue weighted by molar-refractivity contribution is 0.659. The summed E-state index contributed by atoms with van der Waals surface area (Å²) >= 11 is 0. The van der Waals surface area contributed by atoms with E-state index in [4.69, 9.17) is 4.42 Å². The number of para-hydroxylation sites is 1. The van der Waals surface area contributed by atoms with Crippen LogP contribution in [-0.2, 0) is 16.2 Å². The molecule has 9 aromatic carbocycles. The first kappa shape index (κ1) is 35.0. The van der Waals surface area contributed by atoms with Gasteiger partial charge in [0.05, 0.1) is 5.69 Å². The lowest BCUT2D eigenvalue weighted by Gasteiger charge is -2.49. The minimum Gasteiger partial charge on any atom is -0.456 e. The fourth-order valence-corrected chi connectivity index (χ4v) is 14.7. The number of furan rings is 1. The van der Waals surface area contributed by atoms with Crippen LogP contribution in [0.5, 0.6) is 0 Å². The van der Waals surface area contributed by atoms with E-state index in [9.17, 15) is 0 Å². The summed E-state index contributed by atoms with van der Waals surface area (Å²) in [6, 6.07) is 62.7. The van der Waals surface area contributed by atoms with Crippen molar-refractivity contribution in [1.82, 2.24) is 0 Å². The van der Waals surface area contributed by atoms with E-state index < -0.39 is 5.41 Å². The molecule has 0 N–H and O–H groups in total. The van der Waals surface area contributed by atoms with E-state index in [0.29, 0.717) is 0 Å². The highest BCUT2D eigenvalue weighted by atomic mass is 16.3. The molecule has 0 spiro atoms. The van der Waals surface area contributed by atoms with Crippen LogP contribution in [-0.4, -0.2) is 6.71 Å². The molecule has 0 amide bonds. The molecule has 2 nitrogen and oxygen atoms in total. The zero-order valence-electron chi connectivity index (χ0n) is 37.0. The maximum atomic E-state index is 6.72. The van der Waals surface area contributed by atoms with Crippen LogP contribution in [0.2, 0.25) is 0 Å². The van der Waals surface area contributed by atoms with Gasteiger partial charge >= 0.3 is 0 Å². The molecule has 65 heavy (non-hydrogen) atoms. The van der Waals surface area contributed by atoms with Crippen molar-refractivity contribution in [3.05, 3.63) is 203 Å². The van der Waals surface area contributed by atoms with Gasteiger partial charge in [-0.3, -0.25) is 0 Å². The van der Waals surface area contributed by atoms with E-state index in [1.165, 1.54) is 133 Å². The Hall–Kier alpha value is -7.36. The average Bonchev–Trinajstić information content (AvgIpc) is 4.08. The Morgan fingerprint density at radius 2 is 0.985 bits per heavy atom. The van der Waals surface area contributed by atoms with Crippen molar-refractivity contribution in [1.29, 1.82) is 0 Å². The number of rotatable bonds is 1. The zero-order chi connectivity index (χ0) is 43.0. The van der Waals surface area contributed by atoms with Gasteiger partial charge < -0.3 is 9.32 Å². The van der Waals surface area contributed by atoms with E-state index in [1.54, 1.807) is 0 Å². The average molecular weight is 828 g/mol. The van der Waals surface area contributed by atoms with Crippen LogP contribution in [0.15, 0.2) is 168 Å². The van der Waals surface area contributed by atoms with Crippen molar-refractivity contribution in [3.63, 3.8) is 0 Å². The summed E-state index contributed by atoms with van der Waals surface area (Å²) in [4.78, 5) is 2.79. The third kappa shape index (κ3) is 3.74.